The Balaban J connectivity index is 2.22. The van der Waals surface area contributed by atoms with Crippen molar-refractivity contribution < 1.29 is 0 Å². The third kappa shape index (κ3) is 3.01. The van der Waals surface area contributed by atoms with Gasteiger partial charge < -0.3 is 9.88 Å². The Hall–Kier alpha value is -1.69. The first-order chi connectivity index (χ1) is 9.13. The van der Waals surface area contributed by atoms with Gasteiger partial charge in [-0.15, -0.1) is 0 Å². The summed E-state index contributed by atoms with van der Waals surface area (Å²) in [7, 11) is 2.01. The molecule has 0 amide bonds. The standard InChI is InChI=1S/C13H22N6/c1-5-15-11(12-7-14-9-18(12)4)6-13-16-8-17-19(13)10(2)3/h7-11,15H,5-6H2,1-4H3. The molecule has 1 atom stereocenters. The van der Waals surface area contributed by atoms with Gasteiger partial charge in [-0.05, 0) is 20.4 Å². The summed E-state index contributed by atoms with van der Waals surface area (Å²) in [5.74, 6) is 1.00. The molecule has 0 radical (unpaired) electrons. The molecule has 2 heterocycles. The SMILES string of the molecule is CCNC(Cc1ncnn1C(C)C)c1cncn1C. The lowest BCUT2D eigenvalue weighted by Crippen LogP contribution is -2.26. The van der Waals surface area contributed by atoms with Crippen molar-refractivity contribution in [3.05, 3.63) is 30.4 Å². The van der Waals surface area contributed by atoms with Gasteiger partial charge in [-0.2, -0.15) is 5.10 Å². The van der Waals surface area contributed by atoms with Crippen molar-refractivity contribution in [2.75, 3.05) is 6.54 Å². The van der Waals surface area contributed by atoms with E-state index in [2.05, 4.69) is 41.2 Å². The molecule has 0 fully saturated rings. The number of rotatable bonds is 6. The molecule has 6 nitrogen and oxygen atoms in total. The normalized spacial score (nSPS) is 13.1. The number of likely N-dealkylation sites (N-methyl/N-ethyl adjacent to an activating group) is 1. The van der Waals surface area contributed by atoms with Gasteiger partial charge in [-0.3, -0.25) is 0 Å². The fourth-order valence-electron chi connectivity index (χ4n) is 2.27. The summed E-state index contributed by atoms with van der Waals surface area (Å²) in [5.41, 5.74) is 1.17. The molecule has 0 aliphatic carbocycles. The van der Waals surface area contributed by atoms with Crippen LogP contribution in [0.1, 0.15) is 44.4 Å². The third-order valence-electron chi connectivity index (χ3n) is 3.18. The molecule has 2 rings (SSSR count). The van der Waals surface area contributed by atoms with Crippen molar-refractivity contribution in [1.29, 1.82) is 0 Å². The third-order valence-corrected chi connectivity index (χ3v) is 3.18. The summed E-state index contributed by atoms with van der Waals surface area (Å²) in [6.07, 6.45) is 6.17. The van der Waals surface area contributed by atoms with Gasteiger partial charge in [0.2, 0.25) is 0 Å². The monoisotopic (exact) mass is 262 g/mol. The number of aromatic nitrogens is 5. The smallest absolute Gasteiger partial charge is 0.138 e. The zero-order valence-corrected chi connectivity index (χ0v) is 12.0. The van der Waals surface area contributed by atoms with Crippen LogP contribution in [0, 0.1) is 0 Å². The van der Waals surface area contributed by atoms with E-state index in [-0.39, 0.29) is 6.04 Å². The van der Waals surface area contributed by atoms with E-state index in [1.807, 2.05) is 28.8 Å². The fraction of sp³-hybridized carbons (Fsp3) is 0.615. The maximum absolute atomic E-state index is 4.38. The Bertz CT molecular complexity index is 513. The molecule has 1 N–H and O–H groups in total. The predicted molar refractivity (Wildman–Crippen MR) is 73.7 cm³/mol. The summed E-state index contributed by atoms with van der Waals surface area (Å²) in [6, 6.07) is 0.533. The van der Waals surface area contributed by atoms with Gasteiger partial charge in [0.05, 0.1) is 18.1 Å². The van der Waals surface area contributed by atoms with Crippen LogP contribution in [0.3, 0.4) is 0 Å². The Morgan fingerprint density at radius 1 is 1.37 bits per heavy atom. The Labute approximate surface area is 113 Å². The lowest BCUT2D eigenvalue weighted by molar-refractivity contribution is 0.458. The van der Waals surface area contributed by atoms with Crippen molar-refractivity contribution in [3.63, 3.8) is 0 Å². The highest BCUT2D eigenvalue weighted by Gasteiger charge is 2.18. The molecule has 2 aromatic rings. The zero-order chi connectivity index (χ0) is 13.8. The Kier molecular flexibility index (Phi) is 4.31. The van der Waals surface area contributed by atoms with Crippen LogP contribution in [-0.4, -0.2) is 30.9 Å². The number of hydrogen-bond acceptors (Lipinski definition) is 4. The molecule has 2 aromatic heterocycles. The fourth-order valence-corrected chi connectivity index (χ4v) is 2.27. The van der Waals surface area contributed by atoms with Crippen LogP contribution in [0.25, 0.3) is 0 Å². The van der Waals surface area contributed by atoms with E-state index in [1.54, 1.807) is 6.33 Å². The first-order valence-corrected chi connectivity index (χ1v) is 6.71. The molecule has 0 aromatic carbocycles. The summed E-state index contributed by atoms with van der Waals surface area (Å²) in [4.78, 5) is 8.57. The topological polar surface area (TPSA) is 60.6 Å². The van der Waals surface area contributed by atoms with Crippen LogP contribution in [-0.2, 0) is 13.5 Å². The highest BCUT2D eigenvalue weighted by Crippen LogP contribution is 2.18. The number of nitrogens with zero attached hydrogens (tertiary/aromatic N) is 5. The molecule has 0 aliphatic heterocycles. The molecule has 0 aliphatic rings. The molecular weight excluding hydrogens is 240 g/mol. The van der Waals surface area contributed by atoms with Gasteiger partial charge in [-0.1, -0.05) is 6.92 Å². The van der Waals surface area contributed by atoms with Crippen LogP contribution in [0.4, 0.5) is 0 Å². The van der Waals surface area contributed by atoms with E-state index in [1.165, 1.54) is 5.69 Å². The van der Waals surface area contributed by atoms with E-state index in [4.69, 9.17) is 0 Å². The second-order valence-electron chi connectivity index (χ2n) is 4.96. The van der Waals surface area contributed by atoms with Gasteiger partial charge in [-0.25, -0.2) is 14.6 Å². The van der Waals surface area contributed by atoms with Crippen molar-refractivity contribution in [2.45, 2.75) is 39.3 Å². The van der Waals surface area contributed by atoms with E-state index < -0.39 is 0 Å². The highest BCUT2D eigenvalue weighted by molar-refractivity contribution is 5.08. The minimum Gasteiger partial charge on any atom is -0.336 e. The average Bonchev–Trinajstić information content (AvgIpc) is 2.97. The van der Waals surface area contributed by atoms with Gasteiger partial charge in [0.25, 0.3) is 0 Å². The molecule has 0 saturated carbocycles. The second-order valence-corrected chi connectivity index (χ2v) is 4.96. The zero-order valence-electron chi connectivity index (χ0n) is 12.0. The summed E-state index contributed by atoms with van der Waals surface area (Å²) >= 11 is 0. The number of aryl methyl sites for hydroxylation is 1. The first-order valence-electron chi connectivity index (χ1n) is 6.71. The van der Waals surface area contributed by atoms with Crippen molar-refractivity contribution in [3.8, 4) is 0 Å². The minimum atomic E-state index is 0.208. The summed E-state index contributed by atoms with van der Waals surface area (Å²) in [6.45, 7) is 7.25. The summed E-state index contributed by atoms with van der Waals surface area (Å²) < 4.78 is 4.02. The Morgan fingerprint density at radius 2 is 2.16 bits per heavy atom. The van der Waals surface area contributed by atoms with Gasteiger partial charge in [0.15, 0.2) is 0 Å². The van der Waals surface area contributed by atoms with Gasteiger partial charge in [0, 0.05) is 25.7 Å². The van der Waals surface area contributed by atoms with Crippen LogP contribution in [0.2, 0.25) is 0 Å². The maximum Gasteiger partial charge on any atom is 0.138 e. The maximum atomic E-state index is 4.38. The van der Waals surface area contributed by atoms with E-state index >= 15 is 0 Å². The van der Waals surface area contributed by atoms with E-state index in [0.717, 1.165) is 18.8 Å². The Morgan fingerprint density at radius 3 is 2.74 bits per heavy atom. The van der Waals surface area contributed by atoms with E-state index in [0.29, 0.717) is 6.04 Å². The molecule has 0 saturated heterocycles. The molecule has 1 unspecified atom stereocenters. The molecular formula is C13H22N6. The number of hydrogen-bond donors (Lipinski definition) is 1. The van der Waals surface area contributed by atoms with Crippen LogP contribution in [0.5, 0.6) is 0 Å². The van der Waals surface area contributed by atoms with E-state index in [9.17, 15) is 0 Å². The number of nitrogens with one attached hydrogen (secondary N) is 1. The second kappa shape index (κ2) is 5.97. The average molecular weight is 262 g/mol. The van der Waals surface area contributed by atoms with Crippen molar-refractivity contribution in [2.24, 2.45) is 7.05 Å². The molecule has 104 valence electrons. The first kappa shape index (κ1) is 13.7. The van der Waals surface area contributed by atoms with Crippen molar-refractivity contribution in [1.82, 2.24) is 29.6 Å². The number of imidazole rings is 1. The van der Waals surface area contributed by atoms with Gasteiger partial charge in [0.1, 0.15) is 12.2 Å². The van der Waals surface area contributed by atoms with Crippen molar-refractivity contribution >= 4 is 0 Å². The molecule has 19 heavy (non-hydrogen) atoms. The lowest BCUT2D eigenvalue weighted by atomic mass is 10.1. The summed E-state index contributed by atoms with van der Waals surface area (Å²) in [5, 5.41) is 7.78. The predicted octanol–water partition coefficient (Wildman–Crippen LogP) is 1.49. The molecule has 0 spiro atoms. The largest absolute Gasteiger partial charge is 0.336 e. The molecule has 0 bridgehead atoms. The highest BCUT2D eigenvalue weighted by atomic mass is 15.3. The lowest BCUT2D eigenvalue weighted by Gasteiger charge is -2.19. The van der Waals surface area contributed by atoms with Crippen LogP contribution in [0.15, 0.2) is 18.9 Å². The molecule has 6 heteroatoms. The van der Waals surface area contributed by atoms with Crippen LogP contribution < -0.4 is 5.32 Å². The van der Waals surface area contributed by atoms with Gasteiger partial charge >= 0.3 is 0 Å². The quantitative estimate of drug-likeness (QED) is 0.856. The minimum absolute atomic E-state index is 0.208. The van der Waals surface area contributed by atoms with Crippen LogP contribution >= 0.6 is 0 Å².